The quantitative estimate of drug-likeness (QED) is 0.792. The Morgan fingerprint density at radius 2 is 2.06 bits per heavy atom. The van der Waals surface area contributed by atoms with Crippen LogP contribution in [0.4, 0.5) is 0 Å². The predicted octanol–water partition coefficient (Wildman–Crippen LogP) is 1.66. The number of alkyl halides is 1. The van der Waals surface area contributed by atoms with Crippen LogP contribution in [0.3, 0.4) is 0 Å². The summed E-state index contributed by atoms with van der Waals surface area (Å²) < 4.78 is 25.8. The predicted molar refractivity (Wildman–Crippen MR) is 72.2 cm³/mol. The minimum Gasteiger partial charge on any atom is -0.261 e. The van der Waals surface area contributed by atoms with Crippen LogP contribution in [-0.4, -0.2) is 41.9 Å². The lowest BCUT2D eigenvalue weighted by Gasteiger charge is -2.28. The highest BCUT2D eigenvalue weighted by Crippen LogP contribution is 2.18. The SMILES string of the molecule is O=S(=O)(CCc1ccccn1)N1CCC(Cl)CC1. The second-order valence-electron chi connectivity index (χ2n) is 4.46. The Bertz CT molecular complexity index is 470. The first-order valence-electron chi connectivity index (χ1n) is 6.10. The van der Waals surface area contributed by atoms with Crippen LogP contribution in [0.2, 0.25) is 0 Å². The van der Waals surface area contributed by atoms with Gasteiger partial charge in [0, 0.05) is 36.8 Å². The molecule has 0 amide bonds. The van der Waals surface area contributed by atoms with Gasteiger partial charge in [-0.15, -0.1) is 11.6 Å². The molecule has 0 spiro atoms. The molecule has 1 fully saturated rings. The fourth-order valence-electron chi connectivity index (χ4n) is 2.01. The third-order valence-electron chi connectivity index (χ3n) is 3.12. The van der Waals surface area contributed by atoms with E-state index in [-0.39, 0.29) is 11.1 Å². The molecule has 100 valence electrons. The van der Waals surface area contributed by atoms with Crippen molar-refractivity contribution in [2.45, 2.75) is 24.6 Å². The fraction of sp³-hybridized carbons (Fsp3) is 0.583. The lowest BCUT2D eigenvalue weighted by Crippen LogP contribution is -2.40. The van der Waals surface area contributed by atoms with E-state index in [0.29, 0.717) is 19.5 Å². The largest absolute Gasteiger partial charge is 0.261 e. The molecule has 1 aromatic heterocycles. The second-order valence-corrected chi connectivity index (χ2v) is 7.17. The summed E-state index contributed by atoms with van der Waals surface area (Å²) in [5.41, 5.74) is 0.813. The van der Waals surface area contributed by atoms with Gasteiger partial charge in [-0.1, -0.05) is 6.07 Å². The smallest absolute Gasteiger partial charge is 0.214 e. The summed E-state index contributed by atoms with van der Waals surface area (Å²) in [5, 5.41) is 0.118. The van der Waals surface area contributed by atoms with Gasteiger partial charge in [0.1, 0.15) is 0 Å². The van der Waals surface area contributed by atoms with Gasteiger partial charge in [0.05, 0.1) is 5.75 Å². The highest BCUT2D eigenvalue weighted by Gasteiger charge is 2.26. The molecular weight excluding hydrogens is 272 g/mol. The van der Waals surface area contributed by atoms with Crippen LogP contribution in [0.25, 0.3) is 0 Å². The molecular formula is C12H17ClN2O2S. The molecule has 0 saturated carbocycles. The lowest BCUT2D eigenvalue weighted by atomic mass is 10.2. The Labute approximate surface area is 113 Å². The maximum Gasteiger partial charge on any atom is 0.214 e. The summed E-state index contributed by atoms with van der Waals surface area (Å²) in [7, 11) is -3.17. The van der Waals surface area contributed by atoms with Crippen LogP contribution < -0.4 is 0 Å². The number of halogens is 1. The molecule has 0 atom stereocenters. The Morgan fingerprint density at radius 1 is 1.33 bits per heavy atom. The molecule has 0 N–H and O–H groups in total. The summed E-state index contributed by atoms with van der Waals surface area (Å²) >= 11 is 5.97. The molecule has 0 unspecified atom stereocenters. The normalized spacial score (nSPS) is 18.9. The van der Waals surface area contributed by atoms with Gasteiger partial charge in [-0.25, -0.2) is 12.7 Å². The minimum atomic E-state index is -3.17. The molecule has 1 aromatic rings. The summed E-state index contributed by atoms with van der Waals surface area (Å²) in [4.78, 5) is 4.13. The van der Waals surface area contributed by atoms with E-state index in [1.807, 2.05) is 18.2 Å². The number of hydrogen-bond acceptors (Lipinski definition) is 3. The van der Waals surface area contributed by atoms with Gasteiger partial charge in [0.2, 0.25) is 10.0 Å². The fourth-order valence-corrected chi connectivity index (χ4v) is 3.70. The van der Waals surface area contributed by atoms with Crippen LogP contribution >= 0.6 is 11.6 Å². The summed E-state index contributed by atoms with van der Waals surface area (Å²) in [6, 6.07) is 5.54. The number of piperidine rings is 1. The maximum absolute atomic E-state index is 12.1. The number of pyridine rings is 1. The number of aryl methyl sites for hydroxylation is 1. The Balaban J connectivity index is 1.91. The highest BCUT2D eigenvalue weighted by atomic mass is 35.5. The van der Waals surface area contributed by atoms with Gasteiger partial charge in [-0.3, -0.25) is 4.98 Å². The topological polar surface area (TPSA) is 50.3 Å². The molecule has 2 heterocycles. The number of sulfonamides is 1. The van der Waals surface area contributed by atoms with Crippen molar-refractivity contribution in [1.29, 1.82) is 0 Å². The Hall–Kier alpha value is -0.650. The van der Waals surface area contributed by atoms with Gasteiger partial charge in [0.25, 0.3) is 0 Å². The first-order chi connectivity index (χ1) is 8.58. The Kier molecular flexibility index (Phi) is 4.59. The number of hydrogen-bond donors (Lipinski definition) is 0. The van der Waals surface area contributed by atoms with E-state index in [0.717, 1.165) is 18.5 Å². The van der Waals surface area contributed by atoms with Crippen molar-refractivity contribution < 1.29 is 8.42 Å². The summed E-state index contributed by atoms with van der Waals surface area (Å²) in [6.07, 6.45) is 3.62. The number of rotatable bonds is 4. The van der Waals surface area contributed by atoms with Crippen molar-refractivity contribution in [3.05, 3.63) is 30.1 Å². The van der Waals surface area contributed by atoms with E-state index in [2.05, 4.69) is 4.98 Å². The van der Waals surface area contributed by atoms with Crippen LogP contribution in [0.5, 0.6) is 0 Å². The number of aromatic nitrogens is 1. The van der Waals surface area contributed by atoms with Gasteiger partial charge in [-0.2, -0.15) is 0 Å². The highest BCUT2D eigenvalue weighted by molar-refractivity contribution is 7.89. The standard InChI is InChI=1S/C12H17ClN2O2S/c13-11-4-8-15(9-5-11)18(16,17)10-6-12-3-1-2-7-14-12/h1-3,7,11H,4-6,8-10H2. The molecule has 18 heavy (non-hydrogen) atoms. The van der Waals surface area contributed by atoms with Crippen molar-refractivity contribution in [2.24, 2.45) is 0 Å². The van der Waals surface area contributed by atoms with E-state index in [1.54, 1.807) is 10.5 Å². The van der Waals surface area contributed by atoms with E-state index < -0.39 is 10.0 Å². The van der Waals surface area contributed by atoms with Crippen LogP contribution in [-0.2, 0) is 16.4 Å². The van der Waals surface area contributed by atoms with E-state index in [4.69, 9.17) is 11.6 Å². The zero-order valence-electron chi connectivity index (χ0n) is 10.1. The zero-order chi connectivity index (χ0) is 13.0. The average molecular weight is 289 g/mol. The number of nitrogens with zero attached hydrogens (tertiary/aromatic N) is 2. The molecule has 0 aliphatic carbocycles. The molecule has 1 saturated heterocycles. The molecule has 2 rings (SSSR count). The van der Waals surface area contributed by atoms with Crippen LogP contribution in [0.15, 0.2) is 24.4 Å². The summed E-state index contributed by atoms with van der Waals surface area (Å²) in [6.45, 7) is 1.08. The van der Waals surface area contributed by atoms with Crippen molar-refractivity contribution >= 4 is 21.6 Å². The van der Waals surface area contributed by atoms with Crippen LogP contribution in [0.1, 0.15) is 18.5 Å². The zero-order valence-corrected chi connectivity index (χ0v) is 11.7. The third kappa shape index (κ3) is 3.67. The average Bonchev–Trinajstić information content (AvgIpc) is 2.38. The van der Waals surface area contributed by atoms with Crippen molar-refractivity contribution in [1.82, 2.24) is 9.29 Å². The van der Waals surface area contributed by atoms with Gasteiger partial charge in [0.15, 0.2) is 0 Å². The molecule has 4 nitrogen and oxygen atoms in total. The monoisotopic (exact) mass is 288 g/mol. The first kappa shape index (κ1) is 13.8. The second kappa shape index (κ2) is 5.99. The van der Waals surface area contributed by atoms with E-state index in [1.165, 1.54) is 0 Å². The first-order valence-corrected chi connectivity index (χ1v) is 8.14. The summed E-state index contributed by atoms with van der Waals surface area (Å²) in [5.74, 6) is 0.122. The Morgan fingerprint density at radius 3 is 2.67 bits per heavy atom. The molecule has 0 radical (unpaired) electrons. The third-order valence-corrected chi connectivity index (χ3v) is 5.43. The van der Waals surface area contributed by atoms with E-state index >= 15 is 0 Å². The molecule has 0 aromatic carbocycles. The van der Waals surface area contributed by atoms with Crippen molar-refractivity contribution in [2.75, 3.05) is 18.8 Å². The molecule has 6 heteroatoms. The van der Waals surface area contributed by atoms with Crippen molar-refractivity contribution in [3.8, 4) is 0 Å². The minimum absolute atomic E-state index is 0.118. The van der Waals surface area contributed by atoms with Crippen molar-refractivity contribution in [3.63, 3.8) is 0 Å². The van der Waals surface area contributed by atoms with Gasteiger partial charge in [-0.05, 0) is 25.0 Å². The maximum atomic E-state index is 12.1. The van der Waals surface area contributed by atoms with Gasteiger partial charge < -0.3 is 0 Å². The molecule has 1 aliphatic rings. The van der Waals surface area contributed by atoms with Crippen LogP contribution in [0, 0.1) is 0 Å². The molecule has 1 aliphatic heterocycles. The van der Waals surface area contributed by atoms with E-state index in [9.17, 15) is 8.42 Å². The lowest BCUT2D eigenvalue weighted by molar-refractivity contribution is 0.350. The molecule has 0 bridgehead atoms. The van der Waals surface area contributed by atoms with Gasteiger partial charge >= 0.3 is 0 Å².